The van der Waals surface area contributed by atoms with E-state index in [-0.39, 0.29) is 5.41 Å². The number of nitrogens with two attached hydrogens (primary N) is 1. The second-order valence-electron chi connectivity index (χ2n) is 5.81. The Balaban J connectivity index is 2.51. The summed E-state index contributed by atoms with van der Waals surface area (Å²) in [7, 11) is 3.49. The van der Waals surface area contributed by atoms with Crippen LogP contribution >= 0.6 is 0 Å². The maximum absolute atomic E-state index is 6.12. The highest BCUT2D eigenvalue weighted by molar-refractivity contribution is 5.50. The molecule has 1 aromatic rings. The Morgan fingerprint density at radius 2 is 1.75 bits per heavy atom. The number of ether oxygens (including phenoxy) is 2. The molecule has 0 aliphatic heterocycles. The van der Waals surface area contributed by atoms with Crippen LogP contribution in [0.15, 0.2) is 12.1 Å². The summed E-state index contributed by atoms with van der Waals surface area (Å²) in [6, 6.07) is 4.31. The van der Waals surface area contributed by atoms with Crippen LogP contribution in [0.1, 0.15) is 50.2 Å². The highest BCUT2D eigenvalue weighted by Crippen LogP contribution is 2.46. The summed E-state index contributed by atoms with van der Waals surface area (Å²) >= 11 is 0. The Kier molecular flexibility index (Phi) is 4.92. The Morgan fingerprint density at radius 1 is 1.10 bits per heavy atom. The summed E-state index contributed by atoms with van der Waals surface area (Å²) in [6.07, 6.45) is 6.90. The Bertz CT molecular complexity index is 451. The van der Waals surface area contributed by atoms with Gasteiger partial charge in [0.1, 0.15) is 11.5 Å². The number of rotatable bonds is 6. The molecule has 0 heterocycles. The molecular weight excluding hydrogens is 250 g/mol. The number of aryl methyl sites for hydroxylation is 1. The zero-order valence-electron chi connectivity index (χ0n) is 13.0. The molecule has 0 bridgehead atoms. The van der Waals surface area contributed by atoms with Gasteiger partial charge in [-0.2, -0.15) is 0 Å². The van der Waals surface area contributed by atoms with Crippen LogP contribution in [0, 0.1) is 0 Å². The molecule has 0 unspecified atom stereocenters. The molecule has 0 aromatic heterocycles. The standard InChI is InChI=1S/C17H27NO2/c1-4-7-13-10-16(20-3)14(11-15(13)19-2)17(12-18)8-5-6-9-17/h10-11H,4-9,12,18H2,1-3H3. The van der Waals surface area contributed by atoms with Gasteiger partial charge in [-0.1, -0.05) is 26.2 Å². The minimum absolute atomic E-state index is 0.0728. The van der Waals surface area contributed by atoms with Gasteiger partial charge in [-0.05, 0) is 37.0 Å². The molecule has 20 heavy (non-hydrogen) atoms. The molecule has 0 amide bonds. The van der Waals surface area contributed by atoms with Crippen molar-refractivity contribution in [2.24, 2.45) is 5.73 Å². The first-order valence-electron chi connectivity index (χ1n) is 7.66. The zero-order valence-corrected chi connectivity index (χ0v) is 13.0. The third-order valence-corrected chi connectivity index (χ3v) is 4.64. The van der Waals surface area contributed by atoms with Crippen molar-refractivity contribution in [1.82, 2.24) is 0 Å². The fourth-order valence-electron chi connectivity index (χ4n) is 3.48. The number of hydrogen-bond donors (Lipinski definition) is 1. The predicted octanol–water partition coefficient (Wildman–Crippen LogP) is 3.43. The third kappa shape index (κ3) is 2.64. The minimum Gasteiger partial charge on any atom is -0.496 e. The summed E-state index contributed by atoms with van der Waals surface area (Å²) < 4.78 is 11.3. The first-order chi connectivity index (χ1) is 9.70. The first kappa shape index (κ1) is 15.2. The maximum atomic E-state index is 6.12. The average Bonchev–Trinajstić information content (AvgIpc) is 2.97. The van der Waals surface area contributed by atoms with E-state index >= 15 is 0 Å². The van der Waals surface area contributed by atoms with E-state index < -0.39 is 0 Å². The molecular formula is C17H27NO2. The lowest BCUT2D eigenvalue weighted by atomic mass is 9.78. The molecule has 0 radical (unpaired) electrons. The van der Waals surface area contributed by atoms with E-state index in [4.69, 9.17) is 15.2 Å². The molecule has 2 N–H and O–H groups in total. The van der Waals surface area contributed by atoms with Crippen molar-refractivity contribution in [2.75, 3.05) is 20.8 Å². The van der Waals surface area contributed by atoms with Gasteiger partial charge in [0.05, 0.1) is 14.2 Å². The Morgan fingerprint density at radius 3 is 2.25 bits per heavy atom. The summed E-state index contributed by atoms with van der Waals surface area (Å²) in [5, 5.41) is 0. The highest BCUT2D eigenvalue weighted by Gasteiger charge is 2.37. The van der Waals surface area contributed by atoms with E-state index in [9.17, 15) is 0 Å². The van der Waals surface area contributed by atoms with E-state index in [0.29, 0.717) is 6.54 Å². The molecule has 0 saturated heterocycles. The van der Waals surface area contributed by atoms with Crippen molar-refractivity contribution < 1.29 is 9.47 Å². The number of hydrogen-bond acceptors (Lipinski definition) is 3. The van der Waals surface area contributed by atoms with Crippen LogP contribution in [-0.4, -0.2) is 20.8 Å². The van der Waals surface area contributed by atoms with Crippen molar-refractivity contribution >= 4 is 0 Å². The lowest BCUT2D eigenvalue weighted by molar-refractivity contribution is 0.368. The first-order valence-corrected chi connectivity index (χ1v) is 7.66. The van der Waals surface area contributed by atoms with Gasteiger partial charge in [0.15, 0.2) is 0 Å². The van der Waals surface area contributed by atoms with Crippen LogP contribution in [0.5, 0.6) is 11.5 Å². The molecule has 1 fully saturated rings. The van der Waals surface area contributed by atoms with Crippen LogP contribution < -0.4 is 15.2 Å². The number of benzene rings is 1. The summed E-state index contributed by atoms with van der Waals surface area (Å²) in [6.45, 7) is 2.86. The maximum Gasteiger partial charge on any atom is 0.123 e. The molecule has 1 saturated carbocycles. The van der Waals surface area contributed by atoms with E-state index in [1.807, 2.05) is 0 Å². The smallest absolute Gasteiger partial charge is 0.123 e. The lowest BCUT2D eigenvalue weighted by Gasteiger charge is -2.30. The Labute approximate surface area is 122 Å². The SMILES string of the molecule is CCCc1cc(OC)c(C2(CN)CCCC2)cc1OC. The van der Waals surface area contributed by atoms with Crippen LogP contribution in [0.4, 0.5) is 0 Å². The highest BCUT2D eigenvalue weighted by atomic mass is 16.5. The van der Waals surface area contributed by atoms with Gasteiger partial charge in [0.2, 0.25) is 0 Å². The lowest BCUT2D eigenvalue weighted by Crippen LogP contribution is -2.32. The summed E-state index contributed by atoms with van der Waals surface area (Å²) in [4.78, 5) is 0. The molecule has 1 aliphatic rings. The molecule has 0 atom stereocenters. The molecule has 0 spiro atoms. The van der Waals surface area contributed by atoms with E-state index in [1.54, 1.807) is 14.2 Å². The summed E-state index contributed by atoms with van der Waals surface area (Å²) in [5.41, 5.74) is 8.65. The molecule has 112 valence electrons. The zero-order chi connectivity index (χ0) is 14.6. The van der Waals surface area contributed by atoms with Gasteiger partial charge in [0, 0.05) is 17.5 Å². The van der Waals surface area contributed by atoms with Crippen LogP contribution in [-0.2, 0) is 11.8 Å². The second kappa shape index (κ2) is 6.49. The molecule has 1 aromatic carbocycles. The van der Waals surface area contributed by atoms with E-state index in [0.717, 1.165) is 37.2 Å². The fourth-order valence-corrected chi connectivity index (χ4v) is 3.48. The van der Waals surface area contributed by atoms with Gasteiger partial charge < -0.3 is 15.2 Å². The van der Waals surface area contributed by atoms with Crippen molar-refractivity contribution in [3.05, 3.63) is 23.3 Å². The second-order valence-corrected chi connectivity index (χ2v) is 5.81. The van der Waals surface area contributed by atoms with Gasteiger partial charge in [-0.15, -0.1) is 0 Å². The molecule has 3 heteroatoms. The van der Waals surface area contributed by atoms with Gasteiger partial charge in [-0.25, -0.2) is 0 Å². The Hall–Kier alpha value is -1.22. The predicted molar refractivity (Wildman–Crippen MR) is 82.7 cm³/mol. The van der Waals surface area contributed by atoms with Crippen molar-refractivity contribution in [3.63, 3.8) is 0 Å². The average molecular weight is 277 g/mol. The van der Waals surface area contributed by atoms with Crippen LogP contribution in [0.25, 0.3) is 0 Å². The molecule has 1 aliphatic carbocycles. The molecule has 3 nitrogen and oxygen atoms in total. The van der Waals surface area contributed by atoms with Gasteiger partial charge in [0.25, 0.3) is 0 Å². The van der Waals surface area contributed by atoms with Crippen LogP contribution in [0.3, 0.4) is 0 Å². The van der Waals surface area contributed by atoms with Crippen molar-refractivity contribution in [1.29, 1.82) is 0 Å². The van der Waals surface area contributed by atoms with Gasteiger partial charge in [-0.3, -0.25) is 0 Å². The monoisotopic (exact) mass is 277 g/mol. The van der Waals surface area contributed by atoms with Gasteiger partial charge >= 0.3 is 0 Å². The minimum atomic E-state index is 0.0728. The normalized spacial score (nSPS) is 17.2. The summed E-state index contributed by atoms with van der Waals surface area (Å²) in [5.74, 6) is 1.95. The third-order valence-electron chi connectivity index (χ3n) is 4.64. The van der Waals surface area contributed by atoms with Crippen molar-refractivity contribution in [3.8, 4) is 11.5 Å². The van der Waals surface area contributed by atoms with E-state index in [2.05, 4.69) is 19.1 Å². The quantitative estimate of drug-likeness (QED) is 0.866. The number of methoxy groups -OCH3 is 2. The largest absolute Gasteiger partial charge is 0.496 e. The van der Waals surface area contributed by atoms with Crippen LogP contribution in [0.2, 0.25) is 0 Å². The fraction of sp³-hybridized carbons (Fsp3) is 0.647. The molecule has 2 rings (SSSR count). The topological polar surface area (TPSA) is 44.5 Å². The van der Waals surface area contributed by atoms with E-state index in [1.165, 1.54) is 24.0 Å². The van der Waals surface area contributed by atoms with Crippen molar-refractivity contribution in [2.45, 2.75) is 50.9 Å².